The molecule has 0 aliphatic rings. The topological polar surface area (TPSA) is 94.2 Å². The fraction of sp³-hybridized carbons (Fsp3) is 0.174. The number of amides is 1. The van der Waals surface area contributed by atoms with Crippen molar-refractivity contribution < 1.29 is 31.8 Å². The number of carbonyl (C=O) groups excluding carboxylic acids is 1. The van der Waals surface area contributed by atoms with Gasteiger partial charge >= 0.3 is 0 Å². The normalized spacial score (nSPS) is 10.9. The first-order chi connectivity index (χ1) is 15.8. The Morgan fingerprint density at radius 1 is 0.879 bits per heavy atom. The number of nitrogens with one attached hydrogen (secondary N) is 1. The molecule has 3 aromatic carbocycles. The van der Waals surface area contributed by atoms with Crippen molar-refractivity contribution in [2.24, 2.45) is 0 Å². The molecule has 0 aromatic heterocycles. The van der Waals surface area contributed by atoms with E-state index in [9.17, 15) is 17.6 Å². The summed E-state index contributed by atoms with van der Waals surface area (Å²) in [6.07, 6.45) is 0. The Hall–Kier alpha value is -3.79. The molecule has 0 saturated heterocycles. The molecule has 1 N–H and O–H groups in total. The zero-order valence-corrected chi connectivity index (χ0v) is 19.1. The van der Waals surface area contributed by atoms with Crippen LogP contribution in [0.1, 0.15) is 0 Å². The maximum absolute atomic E-state index is 13.4. The van der Waals surface area contributed by atoms with E-state index in [1.165, 1.54) is 33.5 Å². The Bertz CT molecular complexity index is 1210. The number of sulfonamides is 1. The molecule has 0 heterocycles. The third kappa shape index (κ3) is 5.53. The zero-order valence-electron chi connectivity index (χ0n) is 18.2. The monoisotopic (exact) mass is 474 g/mol. The highest BCUT2D eigenvalue weighted by atomic mass is 32.2. The van der Waals surface area contributed by atoms with Crippen LogP contribution in [0.3, 0.4) is 0 Å². The van der Waals surface area contributed by atoms with Crippen LogP contribution in [-0.4, -0.2) is 42.2 Å². The fourth-order valence-corrected chi connectivity index (χ4v) is 4.44. The Labute approximate surface area is 191 Å². The maximum atomic E-state index is 13.4. The van der Waals surface area contributed by atoms with Crippen molar-refractivity contribution in [1.29, 1.82) is 0 Å². The lowest BCUT2D eigenvalue weighted by atomic mass is 10.2. The van der Waals surface area contributed by atoms with Crippen molar-refractivity contribution >= 4 is 27.3 Å². The summed E-state index contributed by atoms with van der Waals surface area (Å²) in [5.74, 6) is 0.211. The molecule has 3 aromatic rings. The molecule has 0 unspecified atom stereocenters. The number of carbonyl (C=O) groups is 1. The van der Waals surface area contributed by atoms with Gasteiger partial charge in [0.15, 0.2) is 0 Å². The first-order valence-corrected chi connectivity index (χ1v) is 11.2. The van der Waals surface area contributed by atoms with Crippen LogP contribution in [0.15, 0.2) is 71.6 Å². The third-order valence-corrected chi connectivity index (χ3v) is 6.52. The predicted molar refractivity (Wildman–Crippen MR) is 122 cm³/mol. The van der Waals surface area contributed by atoms with Gasteiger partial charge in [0.1, 0.15) is 29.6 Å². The van der Waals surface area contributed by atoms with E-state index in [0.29, 0.717) is 22.9 Å². The average molecular weight is 475 g/mol. The Morgan fingerprint density at radius 3 is 2.06 bits per heavy atom. The van der Waals surface area contributed by atoms with Gasteiger partial charge in [-0.1, -0.05) is 0 Å². The van der Waals surface area contributed by atoms with Crippen LogP contribution in [0.2, 0.25) is 0 Å². The number of methoxy groups -OCH3 is 3. The van der Waals surface area contributed by atoms with Crippen molar-refractivity contribution in [1.82, 2.24) is 0 Å². The van der Waals surface area contributed by atoms with E-state index in [4.69, 9.17) is 14.2 Å². The molecule has 0 saturated carbocycles. The lowest BCUT2D eigenvalue weighted by Gasteiger charge is -2.24. The van der Waals surface area contributed by atoms with E-state index in [1.54, 1.807) is 30.3 Å². The second-order valence-corrected chi connectivity index (χ2v) is 8.64. The van der Waals surface area contributed by atoms with Crippen molar-refractivity contribution in [3.05, 3.63) is 72.5 Å². The number of anilines is 2. The van der Waals surface area contributed by atoms with Gasteiger partial charge in [0, 0.05) is 6.07 Å². The van der Waals surface area contributed by atoms with E-state index in [-0.39, 0.29) is 10.6 Å². The number of ether oxygens (including phenoxy) is 3. The molecule has 0 spiro atoms. The first-order valence-electron chi connectivity index (χ1n) is 9.72. The van der Waals surface area contributed by atoms with Gasteiger partial charge in [-0.05, 0) is 60.7 Å². The zero-order chi connectivity index (χ0) is 24.0. The summed E-state index contributed by atoms with van der Waals surface area (Å²) in [5, 5.41) is 2.66. The quantitative estimate of drug-likeness (QED) is 0.509. The molecule has 0 bridgehead atoms. The van der Waals surface area contributed by atoms with Gasteiger partial charge in [-0.2, -0.15) is 0 Å². The molecule has 0 aliphatic carbocycles. The van der Waals surface area contributed by atoms with Crippen LogP contribution in [-0.2, 0) is 14.8 Å². The summed E-state index contributed by atoms with van der Waals surface area (Å²) in [6.45, 7) is -0.540. The van der Waals surface area contributed by atoms with Crippen LogP contribution in [0.4, 0.5) is 15.8 Å². The number of nitrogens with zero attached hydrogens (tertiary/aromatic N) is 1. The van der Waals surface area contributed by atoms with E-state index in [1.807, 2.05) is 0 Å². The minimum Gasteiger partial charge on any atom is -0.497 e. The van der Waals surface area contributed by atoms with Gasteiger partial charge in [-0.25, -0.2) is 12.8 Å². The van der Waals surface area contributed by atoms with Crippen LogP contribution in [0, 0.1) is 5.82 Å². The number of halogens is 1. The largest absolute Gasteiger partial charge is 0.497 e. The van der Waals surface area contributed by atoms with Crippen molar-refractivity contribution in [3.63, 3.8) is 0 Å². The van der Waals surface area contributed by atoms with E-state index in [0.717, 1.165) is 28.6 Å². The predicted octanol–water partition coefficient (Wildman–Crippen LogP) is 3.69. The molecule has 3 rings (SSSR count). The lowest BCUT2D eigenvalue weighted by molar-refractivity contribution is -0.114. The summed E-state index contributed by atoms with van der Waals surface area (Å²) in [6, 6.07) is 15.4. The standard InChI is InChI=1S/C23H23FN2O6S/c1-30-18-8-6-17(7-9-18)26(33(28,29)20-11-4-16(24)5-12-20)15-23(27)25-21-13-10-19(31-2)14-22(21)32-3/h4-14H,15H2,1-3H3,(H,25,27). The molecule has 0 fully saturated rings. The summed E-state index contributed by atoms with van der Waals surface area (Å²) in [7, 11) is 0.231. The lowest BCUT2D eigenvalue weighted by Crippen LogP contribution is -2.38. The number of benzene rings is 3. The summed E-state index contributed by atoms with van der Waals surface area (Å²) in [5.41, 5.74) is 0.578. The Kier molecular flexibility index (Phi) is 7.39. The molecular weight excluding hydrogens is 451 g/mol. The second-order valence-electron chi connectivity index (χ2n) is 6.78. The number of hydrogen-bond acceptors (Lipinski definition) is 6. The van der Waals surface area contributed by atoms with Crippen molar-refractivity contribution in [2.45, 2.75) is 4.90 Å². The van der Waals surface area contributed by atoms with Gasteiger partial charge in [0.2, 0.25) is 5.91 Å². The smallest absolute Gasteiger partial charge is 0.264 e. The van der Waals surface area contributed by atoms with Crippen molar-refractivity contribution in [3.8, 4) is 17.2 Å². The molecule has 0 aliphatic heterocycles. The maximum Gasteiger partial charge on any atom is 0.264 e. The average Bonchev–Trinajstić information content (AvgIpc) is 2.83. The minimum atomic E-state index is -4.19. The highest BCUT2D eigenvalue weighted by Gasteiger charge is 2.27. The molecule has 8 nitrogen and oxygen atoms in total. The molecule has 0 radical (unpaired) electrons. The number of rotatable bonds is 9. The SMILES string of the molecule is COc1ccc(N(CC(=O)Nc2ccc(OC)cc2OC)S(=O)(=O)c2ccc(F)cc2)cc1. The first kappa shape index (κ1) is 23.9. The molecule has 0 atom stereocenters. The van der Waals surface area contributed by atoms with Crippen LogP contribution >= 0.6 is 0 Å². The minimum absolute atomic E-state index is 0.158. The Morgan fingerprint density at radius 2 is 1.48 bits per heavy atom. The van der Waals surface area contributed by atoms with Gasteiger partial charge in [0.05, 0.1) is 37.6 Å². The second kappa shape index (κ2) is 10.2. The molecular formula is C23H23FN2O6S. The highest BCUT2D eigenvalue weighted by Crippen LogP contribution is 2.30. The van der Waals surface area contributed by atoms with E-state index < -0.39 is 28.3 Å². The summed E-state index contributed by atoms with van der Waals surface area (Å²) >= 11 is 0. The Balaban J connectivity index is 1.94. The molecule has 1 amide bonds. The molecule has 10 heteroatoms. The summed E-state index contributed by atoms with van der Waals surface area (Å²) in [4.78, 5) is 12.7. The molecule has 33 heavy (non-hydrogen) atoms. The third-order valence-electron chi connectivity index (χ3n) is 4.73. The van der Waals surface area contributed by atoms with Gasteiger partial charge in [-0.15, -0.1) is 0 Å². The van der Waals surface area contributed by atoms with Gasteiger partial charge in [-0.3, -0.25) is 9.10 Å². The van der Waals surface area contributed by atoms with E-state index >= 15 is 0 Å². The van der Waals surface area contributed by atoms with Gasteiger partial charge in [0.25, 0.3) is 10.0 Å². The number of hydrogen-bond donors (Lipinski definition) is 1. The van der Waals surface area contributed by atoms with Crippen molar-refractivity contribution in [2.75, 3.05) is 37.5 Å². The van der Waals surface area contributed by atoms with Gasteiger partial charge < -0.3 is 19.5 Å². The van der Waals surface area contributed by atoms with Crippen LogP contribution in [0.25, 0.3) is 0 Å². The molecule has 174 valence electrons. The van der Waals surface area contributed by atoms with Crippen LogP contribution in [0.5, 0.6) is 17.2 Å². The van der Waals surface area contributed by atoms with E-state index in [2.05, 4.69) is 5.32 Å². The van der Waals surface area contributed by atoms with Crippen LogP contribution < -0.4 is 23.8 Å². The highest BCUT2D eigenvalue weighted by molar-refractivity contribution is 7.92. The summed E-state index contributed by atoms with van der Waals surface area (Å²) < 4.78 is 56.5. The fourth-order valence-electron chi connectivity index (χ4n) is 3.02.